The molecule has 1 saturated heterocycles. The first-order chi connectivity index (χ1) is 9.81. The van der Waals surface area contributed by atoms with Crippen molar-refractivity contribution in [2.45, 2.75) is 32.2 Å². The zero-order valence-electron chi connectivity index (χ0n) is 11.8. The normalized spacial score (nSPS) is 18.8. The highest BCUT2D eigenvalue weighted by molar-refractivity contribution is 5.51. The van der Waals surface area contributed by atoms with E-state index in [2.05, 4.69) is 26.7 Å². The number of nitrogens with zero attached hydrogens (tertiary/aromatic N) is 2. The van der Waals surface area contributed by atoms with Gasteiger partial charge in [-0.05, 0) is 50.1 Å². The molecule has 4 nitrogen and oxygen atoms in total. The van der Waals surface area contributed by atoms with Gasteiger partial charge < -0.3 is 10.6 Å². The van der Waals surface area contributed by atoms with Gasteiger partial charge in [0.15, 0.2) is 0 Å². The molecule has 0 bridgehead atoms. The van der Waals surface area contributed by atoms with Crippen LogP contribution in [-0.4, -0.2) is 16.5 Å². The summed E-state index contributed by atoms with van der Waals surface area (Å²) in [6.07, 6.45) is 5.74. The lowest BCUT2D eigenvalue weighted by atomic mass is 9.99. The number of aryl methyl sites for hydroxylation is 1. The fraction of sp³-hybridized carbons (Fsp3) is 0.375. The van der Waals surface area contributed by atoms with Crippen molar-refractivity contribution in [3.8, 4) is 0 Å². The van der Waals surface area contributed by atoms with Crippen molar-refractivity contribution in [3.05, 3.63) is 47.8 Å². The van der Waals surface area contributed by atoms with E-state index < -0.39 is 0 Å². The molecule has 20 heavy (non-hydrogen) atoms. The lowest BCUT2D eigenvalue weighted by Gasteiger charge is -2.23. The zero-order chi connectivity index (χ0) is 13.8. The smallest absolute Gasteiger partial charge is 0.131 e. The summed E-state index contributed by atoms with van der Waals surface area (Å²) >= 11 is 0. The van der Waals surface area contributed by atoms with E-state index in [-0.39, 0.29) is 0 Å². The number of hydrogen-bond acceptors (Lipinski definition) is 4. The summed E-state index contributed by atoms with van der Waals surface area (Å²) in [6, 6.07) is 10.6. The second kappa shape index (κ2) is 6.01. The van der Waals surface area contributed by atoms with Gasteiger partial charge in [-0.1, -0.05) is 18.6 Å². The fourth-order valence-corrected chi connectivity index (χ4v) is 2.57. The summed E-state index contributed by atoms with van der Waals surface area (Å²) in [6.45, 7) is 3.09. The van der Waals surface area contributed by atoms with E-state index >= 15 is 0 Å². The standard InChI is InChI=1S/C16H20N4/c1-12-5-4-7-16(19-12)20-15-9-8-13(11-18-15)14-6-2-3-10-17-14/h4-5,7-9,11,14,17H,2-3,6,10H2,1H3,(H,18,19,20)/t14-/m0/s1. The third kappa shape index (κ3) is 3.14. The third-order valence-corrected chi connectivity index (χ3v) is 3.64. The number of piperidine rings is 1. The Hall–Kier alpha value is -1.94. The summed E-state index contributed by atoms with van der Waals surface area (Å²) in [4.78, 5) is 8.91. The van der Waals surface area contributed by atoms with Crippen LogP contribution in [0.5, 0.6) is 0 Å². The van der Waals surface area contributed by atoms with Crippen LogP contribution < -0.4 is 10.6 Å². The van der Waals surface area contributed by atoms with E-state index in [9.17, 15) is 0 Å². The Kier molecular flexibility index (Phi) is 3.92. The molecule has 1 aliphatic rings. The van der Waals surface area contributed by atoms with Crippen molar-refractivity contribution in [1.29, 1.82) is 0 Å². The van der Waals surface area contributed by atoms with Gasteiger partial charge in [0.2, 0.25) is 0 Å². The number of anilines is 2. The summed E-state index contributed by atoms with van der Waals surface area (Å²) < 4.78 is 0. The number of rotatable bonds is 3. The van der Waals surface area contributed by atoms with Crippen molar-refractivity contribution in [3.63, 3.8) is 0 Å². The second-order valence-corrected chi connectivity index (χ2v) is 5.27. The number of pyridine rings is 2. The lowest BCUT2D eigenvalue weighted by Crippen LogP contribution is -2.26. The van der Waals surface area contributed by atoms with E-state index in [1.54, 1.807) is 0 Å². The summed E-state index contributed by atoms with van der Waals surface area (Å²) in [5.41, 5.74) is 2.27. The van der Waals surface area contributed by atoms with Crippen LogP contribution in [0.2, 0.25) is 0 Å². The molecule has 2 aromatic heterocycles. The van der Waals surface area contributed by atoms with Crippen molar-refractivity contribution in [1.82, 2.24) is 15.3 Å². The lowest BCUT2D eigenvalue weighted by molar-refractivity contribution is 0.411. The molecule has 0 spiro atoms. The van der Waals surface area contributed by atoms with Crippen LogP contribution in [0.3, 0.4) is 0 Å². The first-order valence-corrected chi connectivity index (χ1v) is 7.21. The van der Waals surface area contributed by atoms with Crippen LogP contribution in [0.4, 0.5) is 11.6 Å². The summed E-state index contributed by atoms with van der Waals surface area (Å²) in [5, 5.41) is 6.77. The van der Waals surface area contributed by atoms with E-state index in [0.717, 1.165) is 23.9 Å². The Balaban J connectivity index is 1.69. The zero-order valence-corrected chi connectivity index (χ0v) is 11.8. The maximum Gasteiger partial charge on any atom is 0.131 e. The van der Waals surface area contributed by atoms with Crippen LogP contribution in [0.25, 0.3) is 0 Å². The van der Waals surface area contributed by atoms with Gasteiger partial charge >= 0.3 is 0 Å². The minimum atomic E-state index is 0.461. The predicted molar refractivity (Wildman–Crippen MR) is 81.1 cm³/mol. The molecular weight excluding hydrogens is 248 g/mol. The molecule has 0 amide bonds. The van der Waals surface area contributed by atoms with Gasteiger partial charge in [-0.3, -0.25) is 0 Å². The number of aromatic nitrogens is 2. The second-order valence-electron chi connectivity index (χ2n) is 5.27. The molecule has 4 heteroatoms. The Bertz CT molecular complexity index is 559. The van der Waals surface area contributed by atoms with Crippen LogP contribution in [0, 0.1) is 6.92 Å². The maximum atomic E-state index is 4.49. The molecule has 1 atom stereocenters. The van der Waals surface area contributed by atoms with E-state index in [1.807, 2.05) is 37.4 Å². The first-order valence-electron chi connectivity index (χ1n) is 7.21. The highest BCUT2D eigenvalue weighted by Gasteiger charge is 2.14. The average Bonchev–Trinajstić information content (AvgIpc) is 2.49. The molecule has 0 aliphatic carbocycles. The topological polar surface area (TPSA) is 49.8 Å². The Morgan fingerprint density at radius 2 is 2.10 bits per heavy atom. The van der Waals surface area contributed by atoms with E-state index in [4.69, 9.17) is 0 Å². The highest BCUT2D eigenvalue weighted by Crippen LogP contribution is 2.23. The number of hydrogen-bond donors (Lipinski definition) is 2. The van der Waals surface area contributed by atoms with Crippen LogP contribution in [-0.2, 0) is 0 Å². The van der Waals surface area contributed by atoms with Crippen molar-refractivity contribution in [2.24, 2.45) is 0 Å². The maximum absolute atomic E-state index is 4.49. The van der Waals surface area contributed by atoms with Crippen LogP contribution >= 0.6 is 0 Å². The van der Waals surface area contributed by atoms with Gasteiger partial charge in [-0.25, -0.2) is 9.97 Å². The average molecular weight is 268 g/mol. The molecule has 1 fully saturated rings. The van der Waals surface area contributed by atoms with Gasteiger partial charge in [0.05, 0.1) is 0 Å². The predicted octanol–water partition coefficient (Wildman–Crippen LogP) is 3.34. The van der Waals surface area contributed by atoms with Crippen molar-refractivity contribution in [2.75, 3.05) is 11.9 Å². The minimum absolute atomic E-state index is 0.461. The SMILES string of the molecule is Cc1cccc(Nc2ccc([C@@H]3CCCCN3)cn2)n1. The van der Waals surface area contributed by atoms with Gasteiger partial charge in [0.1, 0.15) is 11.6 Å². The van der Waals surface area contributed by atoms with Crippen molar-refractivity contribution >= 4 is 11.6 Å². The fourth-order valence-electron chi connectivity index (χ4n) is 2.57. The van der Waals surface area contributed by atoms with E-state index in [0.29, 0.717) is 6.04 Å². The molecule has 1 aliphatic heterocycles. The largest absolute Gasteiger partial charge is 0.325 e. The monoisotopic (exact) mass is 268 g/mol. The van der Waals surface area contributed by atoms with Gasteiger partial charge in [-0.2, -0.15) is 0 Å². The van der Waals surface area contributed by atoms with Crippen LogP contribution in [0.15, 0.2) is 36.5 Å². The van der Waals surface area contributed by atoms with E-state index in [1.165, 1.54) is 24.8 Å². The molecule has 3 heterocycles. The molecule has 2 N–H and O–H groups in total. The third-order valence-electron chi connectivity index (χ3n) is 3.64. The highest BCUT2D eigenvalue weighted by atomic mass is 15.1. The van der Waals surface area contributed by atoms with Gasteiger partial charge in [0, 0.05) is 17.9 Å². The van der Waals surface area contributed by atoms with Gasteiger partial charge in [-0.15, -0.1) is 0 Å². The molecule has 0 unspecified atom stereocenters. The Morgan fingerprint density at radius 1 is 1.15 bits per heavy atom. The molecule has 104 valence electrons. The first kappa shape index (κ1) is 13.1. The molecule has 0 saturated carbocycles. The Morgan fingerprint density at radius 3 is 2.80 bits per heavy atom. The molecular formula is C16H20N4. The van der Waals surface area contributed by atoms with Crippen molar-refractivity contribution < 1.29 is 0 Å². The molecule has 0 radical (unpaired) electrons. The molecule has 0 aromatic carbocycles. The van der Waals surface area contributed by atoms with Gasteiger partial charge in [0.25, 0.3) is 0 Å². The molecule has 2 aromatic rings. The quantitative estimate of drug-likeness (QED) is 0.896. The summed E-state index contributed by atoms with van der Waals surface area (Å²) in [7, 11) is 0. The minimum Gasteiger partial charge on any atom is -0.325 e. The summed E-state index contributed by atoms with van der Waals surface area (Å²) in [5.74, 6) is 1.67. The number of nitrogens with one attached hydrogen (secondary N) is 2. The molecule has 3 rings (SSSR count). The Labute approximate surface area is 119 Å². The van der Waals surface area contributed by atoms with Crippen LogP contribution in [0.1, 0.15) is 36.6 Å².